The summed E-state index contributed by atoms with van der Waals surface area (Å²) in [6, 6.07) is 34.2. The lowest BCUT2D eigenvalue weighted by Gasteiger charge is -2.27. The molecular weight excluding hydrogens is 702 g/mol. The van der Waals surface area contributed by atoms with Crippen molar-refractivity contribution in [2.24, 2.45) is 0 Å². The van der Waals surface area contributed by atoms with E-state index in [0.717, 1.165) is 53.7 Å². The van der Waals surface area contributed by atoms with Crippen LogP contribution in [0.1, 0.15) is 57.7 Å². The van der Waals surface area contributed by atoms with Gasteiger partial charge in [-0.3, -0.25) is 4.90 Å². The Labute approximate surface area is 319 Å². The maximum Gasteiger partial charge on any atom is 0.416 e. The van der Waals surface area contributed by atoms with Crippen LogP contribution in [0.5, 0.6) is 11.5 Å². The van der Waals surface area contributed by atoms with Gasteiger partial charge in [-0.15, -0.1) is 5.10 Å². The van der Waals surface area contributed by atoms with Crippen LogP contribution in [-0.2, 0) is 32.4 Å². The minimum absolute atomic E-state index is 0.0410. The first-order valence-corrected chi connectivity index (χ1v) is 18.5. The fourth-order valence-corrected chi connectivity index (χ4v) is 7.39. The molecule has 1 aromatic heterocycles. The molecule has 0 saturated carbocycles. The van der Waals surface area contributed by atoms with Gasteiger partial charge in [-0.1, -0.05) is 84.4 Å². The lowest BCUT2D eigenvalue weighted by atomic mass is 9.87. The molecule has 5 aromatic carbocycles. The number of halogens is 3. The van der Waals surface area contributed by atoms with Crippen molar-refractivity contribution in [3.8, 4) is 34.0 Å². The molecule has 1 aliphatic heterocycles. The molecule has 0 spiro atoms. The molecule has 1 aliphatic rings. The molecular formula is C44H45F3N6O2. The first kappa shape index (κ1) is 37.8. The molecule has 11 heteroatoms. The molecule has 0 bridgehead atoms. The molecule has 284 valence electrons. The highest BCUT2D eigenvalue weighted by Crippen LogP contribution is 2.43. The Kier molecular flexibility index (Phi) is 11.6. The minimum atomic E-state index is -4.65. The molecule has 0 atom stereocenters. The average Bonchev–Trinajstić information content (AvgIpc) is 3.66. The predicted molar refractivity (Wildman–Crippen MR) is 208 cm³/mol. The SMILES string of the molecule is COc1ccc(CN(Cc2ccc(OC)cc2)Cc2c(C(F)(F)F)ccc(-c3ccc(C4CCNCC4)cc3)c2-c2nnnn2Cc2ccc(C)cc2)cc1. The van der Waals surface area contributed by atoms with Crippen molar-refractivity contribution in [3.05, 3.63) is 148 Å². The van der Waals surface area contributed by atoms with E-state index in [-0.39, 0.29) is 24.5 Å². The van der Waals surface area contributed by atoms with Gasteiger partial charge in [0.05, 0.1) is 26.3 Å². The summed E-state index contributed by atoms with van der Waals surface area (Å²) in [6.07, 6.45) is -2.56. The maximum absolute atomic E-state index is 15.3. The van der Waals surface area contributed by atoms with Crippen LogP contribution in [-0.4, -0.2) is 52.4 Å². The normalized spacial score (nSPS) is 13.7. The van der Waals surface area contributed by atoms with Gasteiger partial charge < -0.3 is 14.8 Å². The van der Waals surface area contributed by atoms with E-state index >= 15 is 13.2 Å². The summed E-state index contributed by atoms with van der Waals surface area (Å²) >= 11 is 0. The first-order valence-electron chi connectivity index (χ1n) is 18.5. The van der Waals surface area contributed by atoms with Crippen LogP contribution in [0.3, 0.4) is 0 Å². The molecule has 0 aliphatic carbocycles. The molecule has 1 fully saturated rings. The summed E-state index contributed by atoms with van der Waals surface area (Å²) in [5.74, 6) is 2.11. The van der Waals surface area contributed by atoms with E-state index in [4.69, 9.17) is 9.47 Å². The van der Waals surface area contributed by atoms with Crippen LogP contribution >= 0.6 is 0 Å². The van der Waals surface area contributed by atoms with Crippen molar-refractivity contribution < 1.29 is 22.6 Å². The number of rotatable bonds is 13. The highest BCUT2D eigenvalue weighted by molar-refractivity contribution is 5.84. The second kappa shape index (κ2) is 16.9. The Morgan fingerprint density at radius 2 is 1.31 bits per heavy atom. The number of ether oxygens (including phenoxy) is 2. The highest BCUT2D eigenvalue weighted by atomic mass is 19.4. The summed E-state index contributed by atoms with van der Waals surface area (Å²) in [5, 5.41) is 16.3. The summed E-state index contributed by atoms with van der Waals surface area (Å²) < 4.78 is 58.3. The molecule has 0 radical (unpaired) electrons. The molecule has 0 amide bonds. The van der Waals surface area contributed by atoms with Gasteiger partial charge in [0.2, 0.25) is 0 Å². The number of hydrogen-bond donors (Lipinski definition) is 1. The third-order valence-corrected chi connectivity index (χ3v) is 10.4. The number of nitrogens with zero attached hydrogens (tertiary/aromatic N) is 5. The molecule has 7 rings (SSSR count). The van der Waals surface area contributed by atoms with E-state index in [2.05, 4.69) is 33.0 Å². The predicted octanol–water partition coefficient (Wildman–Crippen LogP) is 9.07. The Balaban J connectivity index is 1.38. The summed E-state index contributed by atoms with van der Waals surface area (Å²) in [6.45, 7) is 4.92. The third-order valence-electron chi connectivity index (χ3n) is 10.4. The lowest BCUT2D eigenvalue weighted by molar-refractivity contribution is -0.138. The summed E-state index contributed by atoms with van der Waals surface area (Å²) in [5.41, 5.74) is 6.29. The standard InChI is InChI=1S/C44H45F3N6O2/c1-30-4-6-33(7-5-30)28-53-43(49-50-51-53)42-39(36-14-12-34(13-15-36)35-22-24-48-25-23-35)20-21-41(44(45,46)47)40(42)29-52(26-31-8-16-37(54-2)17-9-31)27-32-10-18-38(55-3)19-11-32/h4-21,35,48H,22-29H2,1-3H3. The van der Waals surface area contributed by atoms with Gasteiger partial charge in [0.25, 0.3) is 0 Å². The Morgan fingerprint density at radius 3 is 1.87 bits per heavy atom. The molecule has 1 saturated heterocycles. The fraction of sp³-hybridized carbons (Fsp3) is 0.295. The molecule has 6 aromatic rings. The van der Waals surface area contributed by atoms with E-state index in [1.807, 2.05) is 96.8 Å². The van der Waals surface area contributed by atoms with Gasteiger partial charge in [-0.05, 0) is 118 Å². The quantitative estimate of drug-likeness (QED) is 0.126. The van der Waals surface area contributed by atoms with Crippen molar-refractivity contribution in [2.75, 3.05) is 27.3 Å². The van der Waals surface area contributed by atoms with Gasteiger partial charge in [-0.2, -0.15) is 13.2 Å². The van der Waals surface area contributed by atoms with Crippen LogP contribution in [0.25, 0.3) is 22.5 Å². The van der Waals surface area contributed by atoms with Gasteiger partial charge in [0.15, 0.2) is 5.82 Å². The van der Waals surface area contributed by atoms with Crippen LogP contribution in [0, 0.1) is 6.92 Å². The second-order valence-electron chi connectivity index (χ2n) is 14.1. The highest BCUT2D eigenvalue weighted by Gasteiger charge is 2.37. The number of benzene rings is 5. The number of piperidine rings is 1. The molecule has 8 nitrogen and oxygen atoms in total. The number of alkyl halides is 3. The average molecular weight is 747 g/mol. The number of aryl methyl sites for hydroxylation is 1. The minimum Gasteiger partial charge on any atom is -0.497 e. The molecule has 0 unspecified atom stereocenters. The largest absolute Gasteiger partial charge is 0.497 e. The zero-order valence-electron chi connectivity index (χ0n) is 31.3. The van der Waals surface area contributed by atoms with Crippen molar-refractivity contribution >= 4 is 0 Å². The monoisotopic (exact) mass is 746 g/mol. The number of nitrogens with one attached hydrogen (secondary N) is 1. The van der Waals surface area contributed by atoms with Crippen molar-refractivity contribution in [3.63, 3.8) is 0 Å². The second-order valence-corrected chi connectivity index (χ2v) is 14.1. The lowest BCUT2D eigenvalue weighted by Crippen LogP contribution is -2.26. The van der Waals surface area contributed by atoms with E-state index in [0.29, 0.717) is 41.6 Å². The number of aromatic nitrogens is 4. The first-order chi connectivity index (χ1) is 26.7. The fourth-order valence-electron chi connectivity index (χ4n) is 7.39. The van der Waals surface area contributed by atoms with E-state index in [1.54, 1.807) is 25.0 Å². The zero-order chi connectivity index (χ0) is 38.4. The Bertz CT molecular complexity index is 2110. The molecule has 55 heavy (non-hydrogen) atoms. The van der Waals surface area contributed by atoms with Crippen molar-refractivity contribution in [1.29, 1.82) is 0 Å². The topological polar surface area (TPSA) is 77.3 Å². The van der Waals surface area contributed by atoms with Gasteiger partial charge in [0, 0.05) is 25.2 Å². The van der Waals surface area contributed by atoms with Crippen molar-refractivity contribution in [1.82, 2.24) is 30.4 Å². The molecule has 1 N–H and O–H groups in total. The van der Waals surface area contributed by atoms with Crippen LogP contribution in [0.2, 0.25) is 0 Å². The third kappa shape index (κ3) is 9.07. The van der Waals surface area contributed by atoms with Crippen LogP contribution in [0.15, 0.2) is 109 Å². The van der Waals surface area contributed by atoms with Gasteiger partial charge >= 0.3 is 6.18 Å². The van der Waals surface area contributed by atoms with Gasteiger partial charge in [0.1, 0.15) is 11.5 Å². The van der Waals surface area contributed by atoms with E-state index < -0.39 is 11.7 Å². The van der Waals surface area contributed by atoms with E-state index in [1.165, 1.54) is 11.6 Å². The van der Waals surface area contributed by atoms with Gasteiger partial charge in [-0.25, -0.2) is 4.68 Å². The van der Waals surface area contributed by atoms with Crippen molar-refractivity contribution in [2.45, 2.75) is 58.0 Å². The smallest absolute Gasteiger partial charge is 0.416 e. The molecule has 2 heterocycles. The summed E-state index contributed by atoms with van der Waals surface area (Å²) in [7, 11) is 3.21. The number of hydrogen-bond acceptors (Lipinski definition) is 7. The zero-order valence-corrected chi connectivity index (χ0v) is 31.3. The van der Waals surface area contributed by atoms with Crippen LogP contribution < -0.4 is 14.8 Å². The number of tetrazole rings is 1. The van der Waals surface area contributed by atoms with E-state index in [9.17, 15) is 0 Å². The summed E-state index contributed by atoms with van der Waals surface area (Å²) in [4.78, 5) is 2.02. The number of methoxy groups -OCH3 is 2. The Hall–Kier alpha value is -5.52. The maximum atomic E-state index is 15.3. The Morgan fingerprint density at radius 1 is 0.727 bits per heavy atom. The van der Waals surface area contributed by atoms with Crippen LogP contribution in [0.4, 0.5) is 13.2 Å².